The number of guanidine groups is 1. The zero-order valence-electron chi connectivity index (χ0n) is 17.2. The van der Waals surface area contributed by atoms with E-state index in [0.717, 1.165) is 38.7 Å². The molecular formula is C20H30F3N5O. The van der Waals surface area contributed by atoms with Gasteiger partial charge in [0, 0.05) is 38.4 Å². The van der Waals surface area contributed by atoms with Crippen molar-refractivity contribution in [2.24, 2.45) is 4.99 Å². The molecule has 1 saturated heterocycles. The van der Waals surface area contributed by atoms with Crippen molar-refractivity contribution in [3.8, 4) is 0 Å². The molecule has 0 aliphatic carbocycles. The highest BCUT2D eigenvalue weighted by Crippen LogP contribution is 2.20. The van der Waals surface area contributed by atoms with Crippen LogP contribution in [-0.4, -0.2) is 68.8 Å². The molecule has 0 spiro atoms. The number of rotatable bonds is 6. The maximum absolute atomic E-state index is 12.4. The van der Waals surface area contributed by atoms with Crippen LogP contribution in [0, 0.1) is 6.92 Å². The van der Waals surface area contributed by atoms with Gasteiger partial charge in [0.2, 0.25) is 5.91 Å². The standard InChI is InChI=1S/C20H30F3N5O/c1-4-24-19(25-12-18(29)27(3)14-20(21,22)23)26-16-6-5-11-28(13-16)17-9-7-15(2)8-10-17/h7-10,16H,4-6,11-14H2,1-3H3,(H2,24,25,26). The van der Waals surface area contributed by atoms with Gasteiger partial charge in [0.1, 0.15) is 13.1 Å². The van der Waals surface area contributed by atoms with E-state index in [2.05, 4.69) is 51.7 Å². The first-order valence-corrected chi connectivity index (χ1v) is 9.85. The van der Waals surface area contributed by atoms with E-state index < -0.39 is 18.6 Å². The van der Waals surface area contributed by atoms with Gasteiger partial charge in [-0.05, 0) is 38.8 Å². The Bertz CT molecular complexity index is 690. The average Bonchev–Trinajstić information content (AvgIpc) is 2.65. The van der Waals surface area contributed by atoms with Crippen molar-refractivity contribution in [1.82, 2.24) is 15.5 Å². The molecule has 9 heteroatoms. The molecule has 1 amide bonds. The highest BCUT2D eigenvalue weighted by atomic mass is 19.4. The predicted octanol–water partition coefficient (Wildman–Crippen LogP) is 2.54. The lowest BCUT2D eigenvalue weighted by Gasteiger charge is -2.35. The number of nitrogens with zero attached hydrogens (tertiary/aromatic N) is 3. The molecule has 29 heavy (non-hydrogen) atoms. The van der Waals surface area contributed by atoms with Crippen molar-refractivity contribution >= 4 is 17.6 Å². The smallest absolute Gasteiger partial charge is 0.369 e. The maximum Gasteiger partial charge on any atom is 0.406 e. The Morgan fingerprint density at radius 2 is 2.00 bits per heavy atom. The van der Waals surface area contributed by atoms with Gasteiger partial charge < -0.3 is 20.4 Å². The SMILES string of the molecule is CCNC(=NCC(=O)N(C)CC(F)(F)F)NC1CCCN(c2ccc(C)cc2)C1. The van der Waals surface area contributed by atoms with E-state index in [4.69, 9.17) is 0 Å². The Morgan fingerprint density at radius 3 is 2.62 bits per heavy atom. The van der Waals surface area contributed by atoms with Crippen LogP contribution in [0.2, 0.25) is 0 Å². The van der Waals surface area contributed by atoms with Crippen LogP contribution < -0.4 is 15.5 Å². The normalized spacial score (nSPS) is 17.8. The summed E-state index contributed by atoms with van der Waals surface area (Å²) in [7, 11) is 1.13. The van der Waals surface area contributed by atoms with Gasteiger partial charge >= 0.3 is 6.18 Å². The number of aryl methyl sites for hydroxylation is 1. The lowest BCUT2D eigenvalue weighted by molar-refractivity contribution is -0.157. The topological polar surface area (TPSA) is 60.0 Å². The minimum atomic E-state index is -4.42. The number of halogens is 3. The van der Waals surface area contributed by atoms with Gasteiger partial charge in [0.25, 0.3) is 0 Å². The number of benzene rings is 1. The van der Waals surface area contributed by atoms with E-state index in [1.807, 2.05) is 6.92 Å². The fraction of sp³-hybridized carbons (Fsp3) is 0.600. The van der Waals surface area contributed by atoms with E-state index in [-0.39, 0.29) is 12.6 Å². The molecule has 1 aliphatic rings. The van der Waals surface area contributed by atoms with Crippen LogP contribution >= 0.6 is 0 Å². The van der Waals surface area contributed by atoms with Crippen molar-refractivity contribution < 1.29 is 18.0 Å². The first-order valence-electron chi connectivity index (χ1n) is 9.85. The van der Waals surface area contributed by atoms with E-state index >= 15 is 0 Å². The molecule has 6 nitrogen and oxygen atoms in total. The Balaban J connectivity index is 1.95. The number of carbonyl (C=O) groups excluding carboxylic acids is 1. The van der Waals surface area contributed by atoms with Crippen molar-refractivity contribution in [1.29, 1.82) is 0 Å². The molecular weight excluding hydrogens is 383 g/mol. The number of amides is 1. The molecule has 1 aromatic carbocycles. The van der Waals surface area contributed by atoms with Gasteiger partial charge in [0.05, 0.1) is 0 Å². The molecule has 1 fully saturated rings. The number of nitrogens with one attached hydrogen (secondary N) is 2. The van der Waals surface area contributed by atoms with Gasteiger partial charge in [-0.15, -0.1) is 0 Å². The zero-order chi connectivity index (χ0) is 21.4. The van der Waals surface area contributed by atoms with Crippen molar-refractivity contribution in [3.63, 3.8) is 0 Å². The largest absolute Gasteiger partial charge is 0.406 e. The Hall–Kier alpha value is -2.45. The first-order chi connectivity index (χ1) is 13.7. The number of hydrogen-bond acceptors (Lipinski definition) is 3. The highest BCUT2D eigenvalue weighted by molar-refractivity contribution is 5.85. The third-order valence-electron chi connectivity index (χ3n) is 4.72. The molecule has 1 heterocycles. The van der Waals surface area contributed by atoms with Crippen LogP contribution in [0.4, 0.5) is 18.9 Å². The second-order valence-electron chi connectivity index (χ2n) is 7.33. The summed E-state index contributed by atoms with van der Waals surface area (Å²) in [5.74, 6) is -0.235. The van der Waals surface area contributed by atoms with Crippen LogP contribution in [0.3, 0.4) is 0 Å². The van der Waals surface area contributed by atoms with Crippen molar-refractivity contribution in [3.05, 3.63) is 29.8 Å². The predicted molar refractivity (Wildman–Crippen MR) is 109 cm³/mol. The fourth-order valence-corrected chi connectivity index (χ4v) is 3.22. The molecule has 1 unspecified atom stereocenters. The van der Waals surface area contributed by atoms with Crippen molar-refractivity contribution in [2.45, 2.75) is 38.9 Å². The molecule has 0 saturated carbocycles. The molecule has 162 valence electrons. The van der Waals surface area contributed by atoms with Crippen LogP contribution in [0.1, 0.15) is 25.3 Å². The van der Waals surface area contributed by atoms with Gasteiger partial charge in [-0.2, -0.15) is 13.2 Å². The Kier molecular flexibility index (Phi) is 8.16. The number of anilines is 1. The molecule has 1 atom stereocenters. The number of likely N-dealkylation sites (N-methyl/N-ethyl adjacent to an activating group) is 1. The number of carbonyl (C=O) groups is 1. The number of aliphatic imine (C=N–C) groups is 1. The molecule has 0 bridgehead atoms. The zero-order valence-corrected chi connectivity index (χ0v) is 17.2. The van der Waals surface area contributed by atoms with E-state index in [1.165, 1.54) is 5.56 Å². The Labute approximate surface area is 170 Å². The highest BCUT2D eigenvalue weighted by Gasteiger charge is 2.31. The first kappa shape index (κ1) is 22.8. The maximum atomic E-state index is 12.4. The number of hydrogen-bond donors (Lipinski definition) is 2. The van der Waals surface area contributed by atoms with Gasteiger partial charge in [0.15, 0.2) is 5.96 Å². The number of alkyl halides is 3. The minimum Gasteiger partial charge on any atom is -0.369 e. The van der Waals surface area contributed by atoms with Crippen molar-refractivity contribution in [2.75, 3.05) is 44.7 Å². The summed E-state index contributed by atoms with van der Waals surface area (Å²) in [6, 6.07) is 8.51. The number of piperidine rings is 1. The second kappa shape index (κ2) is 10.4. The summed E-state index contributed by atoms with van der Waals surface area (Å²) in [6.07, 6.45) is -2.45. The molecule has 1 aliphatic heterocycles. The van der Waals surface area contributed by atoms with Gasteiger partial charge in [-0.1, -0.05) is 17.7 Å². The molecule has 2 N–H and O–H groups in total. The minimum absolute atomic E-state index is 0.130. The van der Waals surface area contributed by atoms with Gasteiger partial charge in [-0.25, -0.2) is 4.99 Å². The van der Waals surface area contributed by atoms with E-state index in [1.54, 1.807) is 0 Å². The van der Waals surface area contributed by atoms with Crippen LogP contribution in [0.5, 0.6) is 0 Å². The fourth-order valence-electron chi connectivity index (χ4n) is 3.22. The lowest BCUT2D eigenvalue weighted by Crippen LogP contribution is -2.51. The molecule has 0 radical (unpaired) electrons. The van der Waals surface area contributed by atoms with Gasteiger partial charge in [-0.3, -0.25) is 4.79 Å². The van der Waals surface area contributed by atoms with E-state index in [0.29, 0.717) is 17.4 Å². The monoisotopic (exact) mass is 413 g/mol. The molecule has 0 aromatic heterocycles. The van der Waals surface area contributed by atoms with Crippen LogP contribution in [0.15, 0.2) is 29.3 Å². The van der Waals surface area contributed by atoms with Crippen LogP contribution in [0.25, 0.3) is 0 Å². The Morgan fingerprint density at radius 1 is 1.31 bits per heavy atom. The second-order valence-corrected chi connectivity index (χ2v) is 7.33. The summed E-state index contributed by atoms with van der Waals surface area (Å²) < 4.78 is 37.3. The third kappa shape index (κ3) is 7.83. The molecule has 2 rings (SSSR count). The average molecular weight is 413 g/mol. The quantitative estimate of drug-likeness (QED) is 0.556. The summed E-state index contributed by atoms with van der Waals surface area (Å²) in [5, 5.41) is 6.38. The summed E-state index contributed by atoms with van der Waals surface area (Å²) >= 11 is 0. The van der Waals surface area contributed by atoms with E-state index in [9.17, 15) is 18.0 Å². The third-order valence-corrected chi connectivity index (χ3v) is 4.72. The summed E-state index contributed by atoms with van der Waals surface area (Å²) in [4.78, 5) is 19.1. The molecule has 1 aromatic rings. The van der Waals surface area contributed by atoms with Crippen LogP contribution in [-0.2, 0) is 4.79 Å². The summed E-state index contributed by atoms with van der Waals surface area (Å²) in [6.45, 7) is 4.68. The lowest BCUT2D eigenvalue weighted by atomic mass is 10.0. The summed E-state index contributed by atoms with van der Waals surface area (Å²) in [5.41, 5.74) is 2.37.